The maximum atomic E-state index is 13.0. The average molecular weight is 341 g/mol. The van der Waals surface area contributed by atoms with E-state index in [1.807, 2.05) is 31.2 Å². The number of nitrogens with one attached hydrogen (secondary N) is 2. The summed E-state index contributed by atoms with van der Waals surface area (Å²) in [5.74, 6) is -0.537. The van der Waals surface area contributed by atoms with Crippen LogP contribution in [0.3, 0.4) is 0 Å². The fourth-order valence-corrected chi connectivity index (χ4v) is 2.96. The van der Waals surface area contributed by atoms with E-state index in [9.17, 15) is 14.0 Å². The van der Waals surface area contributed by atoms with Crippen molar-refractivity contribution in [1.82, 2.24) is 5.32 Å². The summed E-state index contributed by atoms with van der Waals surface area (Å²) in [6, 6.07) is 12.3. The number of hydrogen-bond acceptors (Lipinski definition) is 2. The first kappa shape index (κ1) is 17.0. The number of aryl methyl sites for hydroxylation is 1. The van der Waals surface area contributed by atoms with Gasteiger partial charge in [-0.3, -0.25) is 4.79 Å². The van der Waals surface area contributed by atoms with E-state index >= 15 is 0 Å². The number of carbonyl (C=O) groups excluding carboxylic acids is 2. The first-order valence-electron chi connectivity index (χ1n) is 8.31. The highest BCUT2D eigenvalue weighted by Crippen LogP contribution is 2.22. The molecule has 0 aliphatic carbocycles. The van der Waals surface area contributed by atoms with Crippen molar-refractivity contribution in [3.8, 4) is 0 Å². The standard InChI is InChI=1S/C19H20FN3O2/c1-2-13-5-3-4-6-16(13)21-19(25)22-17-11-12-23(18(17)24)15-9-7-14(20)8-10-15/h3-10,17H,2,11-12H2,1H3,(H2,21,22,25)/t17-/m0/s1. The molecule has 25 heavy (non-hydrogen) atoms. The number of para-hydroxylation sites is 1. The highest BCUT2D eigenvalue weighted by molar-refractivity contribution is 6.02. The molecule has 1 fully saturated rings. The SMILES string of the molecule is CCc1ccccc1NC(=O)N[C@H]1CCN(c2ccc(F)cc2)C1=O. The van der Waals surface area contributed by atoms with Crippen LogP contribution in [0.15, 0.2) is 48.5 Å². The van der Waals surface area contributed by atoms with Gasteiger partial charge in [-0.05, 0) is 48.7 Å². The molecule has 5 nitrogen and oxygen atoms in total. The third-order valence-corrected chi connectivity index (χ3v) is 4.30. The predicted molar refractivity (Wildman–Crippen MR) is 95.1 cm³/mol. The van der Waals surface area contributed by atoms with Crippen molar-refractivity contribution < 1.29 is 14.0 Å². The van der Waals surface area contributed by atoms with Gasteiger partial charge in [-0.2, -0.15) is 0 Å². The molecule has 3 amide bonds. The smallest absolute Gasteiger partial charge is 0.319 e. The molecule has 1 aliphatic rings. The first-order valence-corrected chi connectivity index (χ1v) is 8.31. The lowest BCUT2D eigenvalue weighted by Crippen LogP contribution is -2.43. The van der Waals surface area contributed by atoms with E-state index in [1.54, 1.807) is 17.0 Å². The molecule has 0 radical (unpaired) electrons. The van der Waals surface area contributed by atoms with Gasteiger partial charge in [0.25, 0.3) is 0 Å². The van der Waals surface area contributed by atoms with Crippen molar-refractivity contribution in [3.63, 3.8) is 0 Å². The Kier molecular flexibility index (Phi) is 4.97. The van der Waals surface area contributed by atoms with Gasteiger partial charge in [-0.1, -0.05) is 25.1 Å². The van der Waals surface area contributed by atoms with E-state index in [4.69, 9.17) is 0 Å². The van der Waals surface area contributed by atoms with Crippen LogP contribution in [-0.4, -0.2) is 24.5 Å². The number of halogens is 1. The van der Waals surface area contributed by atoms with E-state index in [0.717, 1.165) is 17.7 Å². The average Bonchev–Trinajstić information content (AvgIpc) is 2.97. The van der Waals surface area contributed by atoms with Gasteiger partial charge < -0.3 is 15.5 Å². The second-order valence-electron chi connectivity index (χ2n) is 5.92. The van der Waals surface area contributed by atoms with Gasteiger partial charge in [-0.25, -0.2) is 9.18 Å². The lowest BCUT2D eigenvalue weighted by Gasteiger charge is -2.17. The molecule has 1 aliphatic heterocycles. The second kappa shape index (κ2) is 7.34. The molecule has 130 valence electrons. The number of anilines is 2. The van der Waals surface area contributed by atoms with Crippen LogP contribution in [0.1, 0.15) is 18.9 Å². The zero-order valence-electron chi connectivity index (χ0n) is 14.0. The summed E-state index contributed by atoms with van der Waals surface area (Å²) in [4.78, 5) is 26.3. The Balaban J connectivity index is 1.62. The summed E-state index contributed by atoms with van der Waals surface area (Å²) in [5, 5.41) is 5.52. The van der Waals surface area contributed by atoms with Gasteiger partial charge in [0.2, 0.25) is 5.91 Å². The van der Waals surface area contributed by atoms with E-state index < -0.39 is 12.1 Å². The van der Waals surface area contributed by atoms with Crippen LogP contribution in [-0.2, 0) is 11.2 Å². The molecule has 0 saturated carbocycles. The summed E-state index contributed by atoms with van der Waals surface area (Å²) in [6.07, 6.45) is 1.32. The normalized spacial score (nSPS) is 16.8. The minimum Gasteiger partial charge on any atom is -0.326 e. The van der Waals surface area contributed by atoms with Crippen molar-refractivity contribution in [2.24, 2.45) is 0 Å². The van der Waals surface area contributed by atoms with Crippen molar-refractivity contribution >= 4 is 23.3 Å². The number of amides is 3. The van der Waals surface area contributed by atoms with Crippen LogP contribution in [0.2, 0.25) is 0 Å². The van der Waals surface area contributed by atoms with Gasteiger partial charge in [0, 0.05) is 17.9 Å². The molecule has 0 unspecified atom stereocenters. The molecule has 2 aromatic rings. The van der Waals surface area contributed by atoms with Crippen molar-refractivity contribution in [1.29, 1.82) is 0 Å². The maximum absolute atomic E-state index is 13.0. The van der Waals surface area contributed by atoms with E-state index in [1.165, 1.54) is 12.1 Å². The molecule has 1 saturated heterocycles. The summed E-state index contributed by atoms with van der Waals surface area (Å²) < 4.78 is 13.0. The number of benzene rings is 2. The van der Waals surface area contributed by atoms with E-state index in [2.05, 4.69) is 10.6 Å². The molecular formula is C19H20FN3O2. The van der Waals surface area contributed by atoms with Gasteiger partial charge in [0.15, 0.2) is 0 Å². The molecule has 1 atom stereocenters. The number of rotatable bonds is 4. The van der Waals surface area contributed by atoms with Crippen LogP contribution < -0.4 is 15.5 Å². The third kappa shape index (κ3) is 3.79. The van der Waals surface area contributed by atoms with Crippen LogP contribution in [0.25, 0.3) is 0 Å². The fraction of sp³-hybridized carbons (Fsp3) is 0.263. The van der Waals surface area contributed by atoms with Crippen LogP contribution >= 0.6 is 0 Å². The van der Waals surface area contributed by atoms with Gasteiger partial charge in [0.05, 0.1) is 0 Å². The topological polar surface area (TPSA) is 61.4 Å². The summed E-state index contributed by atoms with van der Waals surface area (Å²) in [5.41, 5.74) is 2.40. The molecule has 2 aromatic carbocycles. The quantitative estimate of drug-likeness (QED) is 0.896. The Bertz CT molecular complexity index is 776. The summed E-state index contributed by atoms with van der Waals surface area (Å²) in [6.45, 7) is 2.50. The maximum Gasteiger partial charge on any atom is 0.319 e. The van der Waals surface area contributed by atoms with E-state index in [-0.39, 0.29) is 11.7 Å². The summed E-state index contributed by atoms with van der Waals surface area (Å²) in [7, 11) is 0. The Labute approximate surface area is 145 Å². The minimum atomic E-state index is -0.584. The molecule has 1 heterocycles. The Morgan fingerprint density at radius 1 is 1.20 bits per heavy atom. The Morgan fingerprint density at radius 3 is 2.64 bits per heavy atom. The highest BCUT2D eigenvalue weighted by Gasteiger charge is 2.33. The van der Waals surface area contributed by atoms with Crippen molar-refractivity contribution in [2.75, 3.05) is 16.8 Å². The molecule has 0 bridgehead atoms. The Morgan fingerprint density at radius 2 is 1.92 bits per heavy atom. The molecular weight excluding hydrogens is 321 g/mol. The molecule has 2 N–H and O–H groups in total. The number of nitrogens with zero attached hydrogens (tertiary/aromatic N) is 1. The zero-order valence-corrected chi connectivity index (χ0v) is 14.0. The zero-order chi connectivity index (χ0) is 17.8. The lowest BCUT2D eigenvalue weighted by atomic mass is 10.1. The molecule has 6 heteroatoms. The molecule has 0 spiro atoms. The van der Waals surface area contributed by atoms with Gasteiger partial charge in [0.1, 0.15) is 11.9 Å². The summed E-state index contributed by atoms with van der Waals surface area (Å²) >= 11 is 0. The molecule has 3 rings (SSSR count). The second-order valence-corrected chi connectivity index (χ2v) is 5.92. The third-order valence-electron chi connectivity index (χ3n) is 4.30. The van der Waals surface area contributed by atoms with Crippen LogP contribution in [0.4, 0.5) is 20.6 Å². The van der Waals surface area contributed by atoms with Crippen molar-refractivity contribution in [3.05, 3.63) is 59.9 Å². The number of urea groups is 1. The fourth-order valence-electron chi connectivity index (χ4n) is 2.96. The lowest BCUT2D eigenvalue weighted by molar-refractivity contribution is -0.118. The van der Waals surface area contributed by atoms with Crippen LogP contribution in [0.5, 0.6) is 0 Å². The highest BCUT2D eigenvalue weighted by atomic mass is 19.1. The van der Waals surface area contributed by atoms with Gasteiger partial charge in [-0.15, -0.1) is 0 Å². The van der Waals surface area contributed by atoms with Crippen LogP contribution in [0, 0.1) is 5.82 Å². The van der Waals surface area contributed by atoms with E-state index in [0.29, 0.717) is 18.7 Å². The predicted octanol–water partition coefficient (Wildman–Crippen LogP) is 3.32. The van der Waals surface area contributed by atoms with Gasteiger partial charge >= 0.3 is 6.03 Å². The minimum absolute atomic E-state index is 0.189. The first-order chi connectivity index (χ1) is 12.1. The number of hydrogen-bond donors (Lipinski definition) is 2. The number of carbonyl (C=O) groups is 2. The van der Waals surface area contributed by atoms with Crippen molar-refractivity contribution in [2.45, 2.75) is 25.8 Å². The molecule has 0 aromatic heterocycles. The largest absolute Gasteiger partial charge is 0.326 e. The Hall–Kier alpha value is -2.89. The monoisotopic (exact) mass is 341 g/mol.